The minimum Gasteiger partial charge on any atom is -0.508 e. The highest BCUT2D eigenvalue weighted by atomic mass is 79.9. The van der Waals surface area contributed by atoms with E-state index in [9.17, 15) is 44.5 Å². The third-order valence-corrected chi connectivity index (χ3v) is 11.3. The lowest BCUT2D eigenvalue weighted by atomic mass is 9.56. The predicted octanol–water partition coefficient (Wildman–Crippen LogP) is 4.19. The highest BCUT2D eigenvalue weighted by molar-refractivity contribution is 9.09. The van der Waals surface area contributed by atoms with Crippen LogP contribution in [-0.2, 0) is 19.2 Å². The Morgan fingerprint density at radius 3 is 2.09 bits per heavy atom. The zero-order valence-corrected chi connectivity index (χ0v) is 27.2. The first kappa shape index (κ1) is 31.9. The van der Waals surface area contributed by atoms with Crippen molar-refractivity contribution in [1.29, 1.82) is 0 Å². The Morgan fingerprint density at radius 2 is 1.57 bits per heavy atom. The molecule has 1 saturated carbocycles. The van der Waals surface area contributed by atoms with Gasteiger partial charge in [0.15, 0.2) is 15.4 Å². The number of nitro groups is 2. The zero-order chi connectivity index (χ0) is 33.6. The quantitative estimate of drug-likeness (QED) is 0.113. The standard InChI is InChI=1S/C29H24BrCl2N5O9/c1-33(2)23-19(36(43)44)9-14(10-20(23)37(45)46)35-24(39)17-8-7-16-18(21(17)25(35)40)11-28(31)26(41)34(12-30)27(42)29(28,32)22(16)13-3-5-15(38)6-4-13/h3-7,9-10,17-18,21-22,38H,8,11-12H2,1-2H3. The van der Waals surface area contributed by atoms with Gasteiger partial charge in [-0.1, -0.05) is 39.7 Å². The van der Waals surface area contributed by atoms with Gasteiger partial charge in [-0.05, 0) is 36.5 Å². The van der Waals surface area contributed by atoms with E-state index < -0.39 is 78.3 Å². The average Bonchev–Trinajstić information content (AvgIpc) is 3.34. The van der Waals surface area contributed by atoms with E-state index >= 15 is 0 Å². The van der Waals surface area contributed by atoms with Crippen molar-refractivity contribution >= 4 is 85.5 Å². The summed E-state index contributed by atoms with van der Waals surface area (Å²) >= 11 is 17.5. The topological polar surface area (TPSA) is 185 Å². The van der Waals surface area contributed by atoms with Gasteiger partial charge in [-0.25, -0.2) is 4.90 Å². The molecule has 6 rings (SSSR count). The average molecular weight is 737 g/mol. The SMILES string of the molecule is CN(C)c1c([N+](=O)[O-])cc(N2C(=O)C3CC=C4C(CC5(Cl)C(=O)N(CBr)C(=O)C5(Cl)C4c4ccc(O)cc4)C3C2=O)cc1[N+](=O)[O-]. The lowest BCUT2D eigenvalue weighted by Crippen LogP contribution is -2.60. The Kier molecular flexibility index (Phi) is 7.44. The number of aromatic hydroxyl groups is 1. The fourth-order valence-corrected chi connectivity index (χ4v) is 8.93. The molecule has 46 heavy (non-hydrogen) atoms. The zero-order valence-electron chi connectivity index (χ0n) is 24.1. The van der Waals surface area contributed by atoms with Gasteiger partial charge in [0, 0.05) is 32.1 Å². The van der Waals surface area contributed by atoms with Gasteiger partial charge < -0.3 is 10.0 Å². The smallest absolute Gasteiger partial charge is 0.301 e. The molecule has 14 nitrogen and oxygen atoms in total. The van der Waals surface area contributed by atoms with Crippen LogP contribution in [0.3, 0.4) is 0 Å². The lowest BCUT2D eigenvalue weighted by Gasteiger charge is -2.50. The van der Waals surface area contributed by atoms with Crippen molar-refractivity contribution in [3.8, 4) is 5.75 Å². The molecule has 2 aliphatic carbocycles. The monoisotopic (exact) mass is 735 g/mol. The maximum absolute atomic E-state index is 14.3. The van der Waals surface area contributed by atoms with Crippen molar-refractivity contribution in [2.75, 3.05) is 29.3 Å². The number of hydrogen-bond acceptors (Lipinski definition) is 10. The summed E-state index contributed by atoms with van der Waals surface area (Å²) in [7, 11) is 2.78. The molecule has 6 atom stereocenters. The second kappa shape index (κ2) is 10.7. The molecule has 0 aromatic heterocycles. The van der Waals surface area contributed by atoms with Crippen molar-refractivity contribution < 1.29 is 34.1 Å². The minimum atomic E-state index is -2.05. The van der Waals surface area contributed by atoms with Crippen molar-refractivity contribution in [3.63, 3.8) is 0 Å². The molecule has 0 spiro atoms. The molecule has 2 aromatic rings. The van der Waals surface area contributed by atoms with Crippen LogP contribution in [0.15, 0.2) is 48.0 Å². The Morgan fingerprint density at radius 1 is 0.978 bits per heavy atom. The number of fused-ring (bicyclic) bond motifs is 4. The van der Waals surface area contributed by atoms with Gasteiger partial charge in [0.1, 0.15) is 5.75 Å². The number of anilines is 2. The molecule has 2 saturated heterocycles. The first-order valence-corrected chi connectivity index (χ1v) is 15.8. The van der Waals surface area contributed by atoms with E-state index in [1.54, 1.807) is 6.08 Å². The first-order valence-electron chi connectivity index (χ1n) is 13.9. The van der Waals surface area contributed by atoms with E-state index in [4.69, 9.17) is 23.2 Å². The van der Waals surface area contributed by atoms with Gasteiger partial charge in [0.2, 0.25) is 11.8 Å². The third-order valence-electron chi connectivity index (χ3n) is 9.39. The normalized spacial score (nSPS) is 30.2. The van der Waals surface area contributed by atoms with Crippen LogP contribution in [0.25, 0.3) is 0 Å². The Balaban J connectivity index is 1.50. The lowest BCUT2D eigenvalue weighted by molar-refractivity contribution is -0.392. The molecule has 4 aliphatic rings. The van der Waals surface area contributed by atoms with E-state index in [1.807, 2.05) is 0 Å². The molecular formula is C29H24BrCl2N5O9. The van der Waals surface area contributed by atoms with Crippen molar-refractivity contribution in [3.05, 3.63) is 73.8 Å². The van der Waals surface area contributed by atoms with Crippen molar-refractivity contribution in [1.82, 2.24) is 4.90 Å². The Bertz CT molecular complexity index is 1770. The molecule has 240 valence electrons. The number of phenols is 1. The molecule has 0 bridgehead atoms. The second-order valence-corrected chi connectivity index (χ2v) is 13.6. The number of nitro benzene ring substituents is 2. The number of halogens is 3. The van der Waals surface area contributed by atoms with Gasteiger partial charge in [-0.2, -0.15) is 0 Å². The summed E-state index contributed by atoms with van der Waals surface area (Å²) in [6.07, 6.45) is 1.42. The van der Waals surface area contributed by atoms with Crippen LogP contribution in [0, 0.1) is 38.0 Å². The highest BCUT2D eigenvalue weighted by Gasteiger charge is 2.76. The third kappa shape index (κ3) is 4.14. The van der Waals surface area contributed by atoms with Crippen LogP contribution < -0.4 is 9.80 Å². The van der Waals surface area contributed by atoms with E-state index in [0.717, 1.165) is 21.9 Å². The molecule has 2 heterocycles. The minimum absolute atomic E-state index is 0.0126. The number of allylic oxidation sites excluding steroid dienone is 2. The molecule has 2 aliphatic heterocycles. The van der Waals surface area contributed by atoms with Crippen LogP contribution in [0.1, 0.15) is 24.3 Å². The molecule has 6 unspecified atom stereocenters. The number of phenolic OH excluding ortho intramolecular Hbond substituents is 1. The summed E-state index contributed by atoms with van der Waals surface area (Å²) in [5.41, 5.74) is -1.27. The highest BCUT2D eigenvalue weighted by Crippen LogP contribution is 2.65. The largest absolute Gasteiger partial charge is 0.508 e. The second-order valence-electron chi connectivity index (χ2n) is 11.8. The summed E-state index contributed by atoms with van der Waals surface area (Å²) in [6.45, 7) is 0. The van der Waals surface area contributed by atoms with Gasteiger partial charge in [-0.3, -0.25) is 44.3 Å². The number of nitrogens with zero attached hydrogens (tertiary/aromatic N) is 5. The van der Waals surface area contributed by atoms with Gasteiger partial charge in [-0.15, -0.1) is 23.2 Å². The fourth-order valence-electron chi connectivity index (χ4n) is 7.50. The predicted molar refractivity (Wildman–Crippen MR) is 168 cm³/mol. The number of alkyl halides is 3. The molecule has 4 amide bonds. The number of benzene rings is 2. The Hall–Kier alpha value is -4.08. The van der Waals surface area contributed by atoms with Gasteiger partial charge >= 0.3 is 11.4 Å². The van der Waals surface area contributed by atoms with E-state index in [2.05, 4.69) is 15.9 Å². The van der Waals surface area contributed by atoms with Crippen LogP contribution in [0.4, 0.5) is 22.7 Å². The maximum Gasteiger partial charge on any atom is 0.301 e. The molecule has 1 N–H and O–H groups in total. The fraction of sp³-hybridized carbons (Fsp3) is 0.379. The van der Waals surface area contributed by atoms with E-state index in [0.29, 0.717) is 11.1 Å². The number of likely N-dealkylation sites (tertiary alicyclic amines) is 1. The molecular weight excluding hydrogens is 713 g/mol. The molecule has 0 radical (unpaired) electrons. The molecule has 17 heteroatoms. The van der Waals surface area contributed by atoms with Gasteiger partial charge in [0.25, 0.3) is 11.8 Å². The van der Waals surface area contributed by atoms with E-state index in [-0.39, 0.29) is 35.4 Å². The molecule has 3 fully saturated rings. The number of hydrogen-bond donors (Lipinski definition) is 1. The van der Waals surface area contributed by atoms with E-state index in [1.165, 1.54) is 43.3 Å². The Labute approximate surface area is 278 Å². The molecule has 2 aromatic carbocycles. The maximum atomic E-state index is 14.3. The summed E-state index contributed by atoms with van der Waals surface area (Å²) in [5.74, 6) is -7.17. The van der Waals surface area contributed by atoms with Crippen LogP contribution >= 0.6 is 39.1 Å². The first-order chi connectivity index (χ1) is 21.6. The summed E-state index contributed by atoms with van der Waals surface area (Å²) < 4.78 is 0. The number of rotatable bonds is 6. The van der Waals surface area contributed by atoms with Crippen LogP contribution in [0.5, 0.6) is 5.75 Å². The van der Waals surface area contributed by atoms with Crippen LogP contribution in [0.2, 0.25) is 0 Å². The summed E-state index contributed by atoms with van der Waals surface area (Å²) in [4.78, 5) is 76.7. The number of carbonyl (C=O) groups excluding carboxylic acids is 4. The van der Waals surface area contributed by atoms with Crippen LogP contribution in [-0.4, -0.2) is 72.8 Å². The number of amides is 4. The van der Waals surface area contributed by atoms with Crippen molar-refractivity contribution in [2.45, 2.75) is 28.5 Å². The number of carbonyl (C=O) groups is 4. The summed E-state index contributed by atoms with van der Waals surface area (Å²) in [6, 6.07) is 7.73. The van der Waals surface area contributed by atoms with Crippen molar-refractivity contribution in [2.24, 2.45) is 17.8 Å². The number of imide groups is 2. The summed E-state index contributed by atoms with van der Waals surface area (Å²) in [5, 5.41) is 33.9. The van der Waals surface area contributed by atoms with Gasteiger partial charge in [0.05, 0.1) is 32.8 Å².